The van der Waals surface area contributed by atoms with Crippen LogP contribution in [0, 0.1) is 0 Å². The van der Waals surface area contributed by atoms with Gasteiger partial charge in [0, 0.05) is 19.5 Å². The molecule has 0 fully saturated rings. The van der Waals surface area contributed by atoms with E-state index in [1.807, 2.05) is 0 Å². The van der Waals surface area contributed by atoms with Gasteiger partial charge in [-0.3, -0.25) is 0 Å². The van der Waals surface area contributed by atoms with E-state index in [4.69, 9.17) is 0 Å². The lowest BCUT2D eigenvalue weighted by Gasteiger charge is -2.19. The van der Waals surface area contributed by atoms with E-state index in [1.165, 1.54) is 0 Å². The summed E-state index contributed by atoms with van der Waals surface area (Å²) in [5.41, 5.74) is 1.92. The van der Waals surface area contributed by atoms with Crippen LogP contribution in [0.15, 0.2) is 0 Å². The zero-order valence-electron chi connectivity index (χ0n) is 8.36. The number of hydrogen-bond donors (Lipinski definition) is 1. The molecule has 0 amide bonds. The number of hydrogen-bond acceptors (Lipinski definition) is 4. The van der Waals surface area contributed by atoms with Crippen LogP contribution in [0.2, 0.25) is 0 Å². The van der Waals surface area contributed by atoms with E-state index < -0.39 is 9.84 Å². The Morgan fingerprint density at radius 2 is 2.27 bits per heavy atom. The number of fused-ring (bicyclic) bond motifs is 3. The lowest BCUT2D eigenvalue weighted by molar-refractivity contribution is 0.496. The molecule has 0 bridgehead atoms. The summed E-state index contributed by atoms with van der Waals surface area (Å²) >= 11 is 0. The first-order valence-corrected chi connectivity index (χ1v) is 6.96. The summed E-state index contributed by atoms with van der Waals surface area (Å²) in [7, 11) is -2.88. The van der Waals surface area contributed by atoms with Gasteiger partial charge < -0.3 is 9.88 Å². The van der Waals surface area contributed by atoms with Crippen molar-refractivity contribution in [3.05, 3.63) is 17.2 Å². The van der Waals surface area contributed by atoms with Gasteiger partial charge in [0.2, 0.25) is 0 Å². The van der Waals surface area contributed by atoms with Crippen molar-refractivity contribution in [1.82, 2.24) is 14.9 Å². The third-order valence-corrected chi connectivity index (χ3v) is 4.58. The van der Waals surface area contributed by atoms with Gasteiger partial charge in [0.15, 0.2) is 9.84 Å². The van der Waals surface area contributed by atoms with Gasteiger partial charge >= 0.3 is 0 Å². The first-order chi connectivity index (χ1) is 7.16. The lowest BCUT2D eigenvalue weighted by Crippen LogP contribution is -2.30. The minimum atomic E-state index is -2.88. The predicted octanol–water partition coefficient (Wildman–Crippen LogP) is -0.543. The molecule has 0 spiro atoms. The molecule has 0 atom stereocenters. The van der Waals surface area contributed by atoms with Gasteiger partial charge in [-0.1, -0.05) is 0 Å². The van der Waals surface area contributed by atoms with Gasteiger partial charge in [-0.15, -0.1) is 0 Å². The maximum atomic E-state index is 11.5. The molecule has 0 aliphatic carbocycles. The number of sulfone groups is 1. The van der Waals surface area contributed by atoms with E-state index in [2.05, 4.69) is 14.9 Å². The summed E-state index contributed by atoms with van der Waals surface area (Å²) < 4.78 is 25.2. The maximum Gasteiger partial charge on any atom is 0.156 e. The Morgan fingerprint density at radius 3 is 3.13 bits per heavy atom. The largest absolute Gasteiger partial charge is 0.328 e. The molecule has 2 aliphatic heterocycles. The van der Waals surface area contributed by atoms with E-state index in [0.717, 1.165) is 36.8 Å². The third-order valence-electron chi connectivity index (χ3n) is 3.04. The van der Waals surface area contributed by atoms with Crippen molar-refractivity contribution in [1.29, 1.82) is 0 Å². The topological polar surface area (TPSA) is 64.0 Å². The van der Waals surface area contributed by atoms with E-state index in [1.54, 1.807) is 0 Å². The summed E-state index contributed by atoms with van der Waals surface area (Å²) in [5, 5.41) is 3.24. The van der Waals surface area contributed by atoms with E-state index >= 15 is 0 Å². The van der Waals surface area contributed by atoms with Crippen LogP contribution in [0.25, 0.3) is 0 Å². The fourth-order valence-corrected chi connectivity index (χ4v) is 3.66. The second-order valence-corrected chi connectivity index (χ2v) is 6.28. The summed E-state index contributed by atoms with van der Waals surface area (Å²) in [6.07, 6.45) is 0.581. The third kappa shape index (κ3) is 1.48. The highest BCUT2D eigenvalue weighted by atomic mass is 32.2. The van der Waals surface area contributed by atoms with Crippen molar-refractivity contribution >= 4 is 9.84 Å². The van der Waals surface area contributed by atoms with Gasteiger partial charge in [0.05, 0.1) is 29.4 Å². The van der Waals surface area contributed by atoms with Gasteiger partial charge in [0.1, 0.15) is 5.82 Å². The monoisotopic (exact) mass is 227 g/mol. The van der Waals surface area contributed by atoms with E-state index in [-0.39, 0.29) is 11.5 Å². The number of nitrogens with zero attached hydrogens (tertiary/aromatic N) is 2. The smallest absolute Gasteiger partial charge is 0.156 e. The molecule has 1 aromatic rings. The number of aryl methyl sites for hydroxylation is 1. The summed E-state index contributed by atoms with van der Waals surface area (Å²) in [4.78, 5) is 4.49. The summed E-state index contributed by atoms with van der Waals surface area (Å²) in [6.45, 7) is 2.50. The Bertz CT molecular complexity index is 504. The second kappa shape index (κ2) is 3.05. The molecule has 3 heterocycles. The van der Waals surface area contributed by atoms with Crippen LogP contribution in [0.3, 0.4) is 0 Å². The van der Waals surface area contributed by atoms with Crippen LogP contribution in [-0.4, -0.2) is 30.3 Å². The molecule has 1 N–H and O–H groups in total. The van der Waals surface area contributed by atoms with Crippen molar-refractivity contribution in [3.8, 4) is 0 Å². The maximum absolute atomic E-state index is 11.5. The van der Waals surface area contributed by atoms with Gasteiger partial charge in [-0.05, 0) is 0 Å². The molecule has 2 aliphatic rings. The predicted molar refractivity (Wildman–Crippen MR) is 55.1 cm³/mol. The number of nitrogens with one attached hydrogen (secondary N) is 1. The van der Waals surface area contributed by atoms with E-state index in [0.29, 0.717) is 6.42 Å². The molecule has 0 aromatic carbocycles. The van der Waals surface area contributed by atoms with Crippen molar-refractivity contribution in [2.24, 2.45) is 0 Å². The molecule has 82 valence electrons. The Morgan fingerprint density at radius 1 is 1.40 bits per heavy atom. The van der Waals surface area contributed by atoms with Gasteiger partial charge in [-0.25, -0.2) is 13.4 Å². The fraction of sp³-hybridized carbons (Fsp3) is 0.667. The van der Waals surface area contributed by atoms with Crippen LogP contribution in [0.4, 0.5) is 0 Å². The zero-order valence-corrected chi connectivity index (χ0v) is 9.18. The normalized spacial score (nSPS) is 23.2. The average Bonchev–Trinajstić information content (AvgIpc) is 2.55. The van der Waals surface area contributed by atoms with Crippen molar-refractivity contribution in [3.63, 3.8) is 0 Å². The molecule has 5 nitrogen and oxygen atoms in total. The number of imidazole rings is 1. The molecule has 0 radical (unpaired) electrons. The first-order valence-electron chi connectivity index (χ1n) is 5.14. The molecule has 15 heavy (non-hydrogen) atoms. The summed E-state index contributed by atoms with van der Waals surface area (Å²) in [6, 6.07) is 0. The van der Waals surface area contributed by atoms with Crippen LogP contribution in [0.1, 0.15) is 17.2 Å². The highest BCUT2D eigenvalue weighted by Crippen LogP contribution is 2.22. The Labute approximate surface area is 88.4 Å². The highest BCUT2D eigenvalue weighted by molar-refractivity contribution is 7.90. The second-order valence-electron chi connectivity index (χ2n) is 4.09. The summed E-state index contributed by atoms with van der Waals surface area (Å²) in [5.74, 6) is 1.42. The zero-order chi connectivity index (χ0) is 10.5. The van der Waals surface area contributed by atoms with Crippen molar-refractivity contribution in [2.75, 3.05) is 12.3 Å². The molecular weight excluding hydrogens is 214 g/mol. The van der Waals surface area contributed by atoms with Crippen LogP contribution < -0.4 is 5.32 Å². The van der Waals surface area contributed by atoms with Crippen molar-refractivity contribution in [2.45, 2.75) is 25.3 Å². The Kier molecular flexibility index (Phi) is 1.90. The standard InChI is InChI=1S/C9H13N3O2S/c13-15(14)4-1-7-8(6-15)12-3-2-10-5-9(12)11-7/h10H,1-6H2. The van der Waals surface area contributed by atoms with Gasteiger partial charge in [-0.2, -0.15) is 0 Å². The van der Waals surface area contributed by atoms with Crippen LogP contribution in [-0.2, 0) is 35.1 Å². The fourth-order valence-electron chi connectivity index (χ4n) is 2.28. The quantitative estimate of drug-likeness (QED) is 0.646. The molecule has 0 saturated carbocycles. The number of rotatable bonds is 0. The van der Waals surface area contributed by atoms with Crippen LogP contribution >= 0.6 is 0 Å². The van der Waals surface area contributed by atoms with E-state index in [9.17, 15) is 8.42 Å². The molecule has 6 heteroatoms. The molecule has 3 rings (SSSR count). The lowest BCUT2D eigenvalue weighted by atomic mass is 10.2. The minimum absolute atomic E-state index is 0.176. The van der Waals surface area contributed by atoms with Crippen LogP contribution in [0.5, 0.6) is 0 Å². The SMILES string of the molecule is O=S1(=O)CCc2nc3n(c2C1)CCNC3. The Hall–Kier alpha value is -0.880. The van der Waals surface area contributed by atoms with Crippen molar-refractivity contribution < 1.29 is 8.42 Å². The molecule has 0 saturated heterocycles. The van der Waals surface area contributed by atoms with Gasteiger partial charge in [0.25, 0.3) is 0 Å². The molecular formula is C9H13N3O2S. The molecule has 0 unspecified atom stereocenters. The Balaban J connectivity index is 2.12. The molecule has 1 aromatic heterocycles. The minimum Gasteiger partial charge on any atom is -0.328 e. The first kappa shape index (κ1) is 9.35. The number of aromatic nitrogens is 2. The average molecular weight is 227 g/mol. The highest BCUT2D eigenvalue weighted by Gasteiger charge is 2.28.